The molecule has 0 aliphatic carbocycles. The van der Waals surface area contributed by atoms with Crippen LogP contribution in [0.5, 0.6) is 0 Å². The number of rotatable bonds is 3. The second-order valence-electron chi connectivity index (χ2n) is 4.02. The van der Waals surface area contributed by atoms with E-state index in [1.54, 1.807) is 16.9 Å². The van der Waals surface area contributed by atoms with E-state index < -0.39 is 6.10 Å². The van der Waals surface area contributed by atoms with Gasteiger partial charge in [0.2, 0.25) is 0 Å². The first kappa shape index (κ1) is 11.7. The van der Waals surface area contributed by atoms with Crippen molar-refractivity contribution in [2.24, 2.45) is 7.05 Å². The third-order valence-electron chi connectivity index (χ3n) is 2.79. The Bertz CT molecular complexity index is 521. The molecule has 2 heterocycles. The molecule has 17 heavy (non-hydrogen) atoms. The third-order valence-corrected chi connectivity index (χ3v) is 2.79. The van der Waals surface area contributed by atoms with Crippen LogP contribution in [0.4, 0.5) is 0 Å². The van der Waals surface area contributed by atoms with Gasteiger partial charge >= 0.3 is 0 Å². The van der Waals surface area contributed by atoms with Crippen molar-refractivity contribution in [3.05, 3.63) is 41.0 Å². The molecule has 2 aromatic heterocycles. The first-order chi connectivity index (χ1) is 8.13. The smallest absolute Gasteiger partial charge is 0.123 e. The molecule has 0 radical (unpaired) electrons. The van der Waals surface area contributed by atoms with Crippen molar-refractivity contribution in [1.29, 1.82) is 0 Å². The molecule has 1 unspecified atom stereocenters. The minimum Gasteiger partial charge on any atom is -0.382 e. The fourth-order valence-electron chi connectivity index (χ4n) is 1.86. The Morgan fingerprint density at radius 3 is 2.76 bits per heavy atom. The van der Waals surface area contributed by atoms with Crippen LogP contribution in [0, 0.1) is 6.92 Å². The summed E-state index contributed by atoms with van der Waals surface area (Å²) in [6.45, 7) is 3.87. The SMILES string of the molecule is CCc1nnc(C)cc1C(O)c1ccnn1C. The quantitative estimate of drug-likeness (QED) is 0.862. The lowest BCUT2D eigenvalue weighted by atomic mass is 10.0. The molecule has 0 bridgehead atoms. The van der Waals surface area contributed by atoms with Gasteiger partial charge in [-0.2, -0.15) is 15.3 Å². The highest BCUT2D eigenvalue weighted by Crippen LogP contribution is 2.23. The minimum atomic E-state index is -0.702. The molecule has 0 aromatic carbocycles. The van der Waals surface area contributed by atoms with Gasteiger partial charge in [0.05, 0.1) is 17.1 Å². The highest BCUT2D eigenvalue weighted by atomic mass is 16.3. The maximum atomic E-state index is 10.4. The lowest BCUT2D eigenvalue weighted by molar-refractivity contribution is 0.207. The number of aliphatic hydroxyl groups is 1. The molecule has 1 N–H and O–H groups in total. The Balaban J connectivity index is 2.46. The van der Waals surface area contributed by atoms with E-state index in [0.29, 0.717) is 0 Å². The van der Waals surface area contributed by atoms with Gasteiger partial charge in [0.15, 0.2) is 0 Å². The zero-order valence-corrected chi connectivity index (χ0v) is 10.3. The minimum absolute atomic E-state index is 0.702. The average molecular weight is 232 g/mol. The van der Waals surface area contributed by atoms with Crippen molar-refractivity contribution in [2.45, 2.75) is 26.4 Å². The van der Waals surface area contributed by atoms with Crippen LogP contribution in [-0.4, -0.2) is 25.1 Å². The first-order valence-electron chi connectivity index (χ1n) is 5.62. The largest absolute Gasteiger partial charge is 0.382 e. The molecular formula is C12H16N4O. The Morgan fingerprint density at radius 2 is 2.18 bits per heavy atom. The molecule has 0 aliphatic heterocycles. The molecule has 0 saturated heterocycles. The van der Waals surface area contributed by atoms with E-state index in [1.807, 2.05) is 27.0 Å². The van der Waals surface area contributed by atoms with Gasteiger partial charge in [0.25, 0.3) is 0 Å². The van der Waals surface area contributed by atoms with Crippen molar-refractivity contribution in [1.82, 2.24) is 20.0 Å². The summed E-state index contributed by atoms with van der Waals surface area (Å²) in [6, 6.07) is 3.68. The van der Waals surface area contributed by atoms with E-state index >= 15 is 0 Å². The van der Waals surface area contributed by atoms with Crippen LogP contribution >= 0.6 is 0 Å². The van der Waals surface area contributed by atoms with Crippen LogP contribution in [0.15, 0.2) is 18.3 Å². The van der Waals surface area contributed by atoms with Crippen molar-refractivity contribution in [2.75, 3.05) is 0 Å². The number of hydrogen-bond acceptors (Lipinski definition) is 4. The molecule has 2 rings (SSSR count). The summed E-state index contributed by atoms with van der Waals surface area (Å²) < 4.78 is 1.67. The van der Waals surface area contributed by atoms with Gasteiger partial charge < -0.3 is 5.11 Å². The van der Waals surface area contributed by atoms with E-state index in [9.17, 15) is 5.11 Å². The van der Waals surface area contributed by atoms with Crippen LogP contribution in [0.25, 0.3) is 0 Å². The molecule has 1 atom stereocenters. The van der Waals surface area contributed by atoms with E-state index in [4.69, 9.17) is 0 Å². The van der Waals surface area contributed by atoms with Gasteiger partial charge in [-0.3, -0.25) is 4.68 Å². The van der Waals surface area contributed by atoms with Crippen molar-refractivity contribution >= 4 is 0 Å². The van der Waals surface area contributed by atoms with Gasteiger partial charge in [-0.15, -0.1) is 0 Å². The maximum absolute atomic E-state index is 10.4. The predicted octanol–water partition coefficient (Wildman–Crippen LogP) is 1.16. The number of aromatic nitrogens is 4. The number of hydrogen-bond donors (Lipinski definition) is 1. The highest BCUT2D eigenvalue weighted by Gasteiger charge is 2.18. The highest BCUT2D eigenvalue weighted by molar-refractivity contribution is 5.29. The summed E-state index contributed by atoms with van der Waals surface area (Å²) in [6.07, 6.45) is 1.72. The van der Waals surface area contributed by atoms with E-state index in [0.717, 1.165) is 29.1 Å². The monoisotopic (exact) mass is 232 g/mol. The molecule has 0 amide bonds. The molecule has 0 saturated carbocycles. The molecule has 5 heteroatoms. The van der Waals surface area contributed by atoms with Crippen LogP contribution in [0.2, 0.25) is 0 Å². The van der Waals surface area contributed by atoms with Crippen LogP contribution < -0.4 is 0 Å². The third kappa shape index (κ3) is 2.19. The molecular weight excluding hydrogens is 216 g/mol. The predicted molar refractivity (Wildman–Crippen MR) is 63.4 cm³/mol. The zero-order valence-electron chi connectivity index (χ0n) is 10.3. The summed E-state index contributed by atoms with van der Waals surface area (Å²) in [5.74, 6) is 0. The van der Waals surface area contributed by atoms with Gasteiger partial charge in [0, 0.05) is 18.8 Å². The molecule has 0 aliphatic rings. The Hall–Kier alpha value is -1.75. The van der Waals surface area contributed by atoms with Gasteiger partial charge in [-0.05, 0) is 25.5 Å². The number of aryl methyl sites for hydroxylation is 3. The average Bonchev–Trinajstić information content (AvgIpc) is 2.74. The van der Waals surface area contributed by atoms with Crippen LogP contribution in [0.1, 0.15) is 35.7 Å². The summed E-state index contributed by atoms with van der Waals surface area (Å²) in [7, 11) is 1.81. The summed E-state index contributed by atoms with van der Waals surface area (Å²) in [5, 5.41) is 22.6. The maximum Gasteiger partial charge on any atom is 0.123 e. The standard InChI is InChI=1S/C12H16N4O/c1-4-10-9(7-8(2)14-15-10)12(17)11-5-6-13-16(11)3/h5-7,12,17H,4H2,1-3H3. The lowest BCUT2D eigenvalue weighted by Gasteiger charge is -2.14. The fourth-order valence-corrected chi connectivity index (χ4v) is 1.86. The molecule has 0 fully saturated rings. The zero-order chi connectivity index (χ0) is 12.4. The Labute approximate surface area is 100 Å². The van der Waals surface area contributed by atoms with Gasteiger partial charge in [-0.1, -0.05) is 6.92 Å². The molecule has 5 nitrogen and oxygen atoms in total. The summed E-state index contributed by atoms with van der Waals surface area (Å²) in [5.41, 5.74) is 3.19. The second-order valence-corrected chi connectivity index (χ2v) is 4.02. The first-order valence-corrected chi connectivity index (χ1v) is 5.62. The van der Waals surface area contributed by atoms with Crippen molar-refractivity contribution in [3.63, 3.8) is 0 Å². The lowest BCUT2D eigenvalue weighted by Crippen LogP contribution is -2.11. The van der Waals surface area contributed by atoms with Gasteiger partial charge in [0.1, 0.15) is 6.10 Å². The Morgan fingerprint density at radius 1 is 1.41 bits per heavy atom. The van der Waals surface area contributed by atoms with E-state index in [-0.39, 0.29) is 0 Å². The normalized spacial score (nSPS) is 12.7. The number of nitrogens with zero attached hydrogens (tertiary/aromatic N) is 4. The fraction of sp³-hybridized carbons (Fsp3) is 0.417. The summed E-state index contributed by atoms with van der Waals surface area (Å²) in [4.78, 5) is 0. The molecule has 90 valence electrons. The topological polar surface area (TPSA) is 63.8 Å². The van der Waals surface area contributed by atoms with Gasteiger partial charge in [-0.25, -0.2) is 0 Å². The molecule has 0 spiro atoms. The van der Waals surface area contributed by atoms with Crippen LogP contribution in [0.3, 0.4) is 0 Å². The van der Waals surface area contributed by atoms with Crippen LogP contribution in [-0.2, 0) is 13.5 Å². The molecule has 2 aromatic rings. The van der Waals surface area contributed by atoms with E-state index in [1.165, 1.54) is 0 Å². The summed E-state index contributed by atoms with van der Waals surface area (Å²) >= 11 is 0. The van der Waals surface area contributed by atoms with Crippen molar-refractivity contribution < 1.29 is 5.11 Å². The van der Waals surface area contributed by atoms with Crippen molar-refractivity contribution in [3.8, 4) is 0 Å². The second kappa shape index (κ2) is 4.63. The Kier molecular flexibility index (Phi) is 3.19. The van der Waals surface area contributed by atoms with E-state index in [2.05, 4.69) is 15.3 Å². The number of aliphatic hydroxyl groups excluding tert-OH is 1.